The lowest BCUT2D eigenvalue weighted by atomic mass is 10.1. The van der Waals surface area contributed by atoms with Crippen molar-refractivity contribution in [3.05, 3.63) is 77.6 Å². The number of anilines is 2. The second-order valence-electron chi connectivity index (χ2n) is 6.85. The fourth-order valence-electron chi connectivity index (χ4n) is 3.45. The van der Waals surface area contributed by atoms with E-state index in [-0.39, 0.29) is 11.8 Å². The second-order valence-corrected chi connectivity index (χ2v) is 6.85. The zero-order valence-electron chi connectivity index (χ0n) is 16.7. The van der Waals surface area contributed by atoms with Gasteiger partial charge in [-0.3, -0.25) is 14.6 Å². The molecule has 0 fully saturated rings. The van der Waals surface area contributed by atoms with E-state index >= 15 is 0 Å². The topological polar surface area (TPSA) is 80.8 Å². The maximum atomic E-state index is 12.9. The summed E-state index contributed by atoms with van der Waals surface area (Å²) >= 11 is 0. The van der Waals surface area contributed by atoms with Gasteiger partial charge in [0.1, 0.15) is 11.5 Å². The zero-order chi connectivity index (χ0) is 21.1. The lowest BCUT2D eigenvalue weighted by molar-refractivity contribution is 0.0987. The summed E-state index contributed by atoms with van der Waals surface area (Å²) < 4.78 is 10.5. The number of carbonyl (C=O) groups excluding carboxylic acids is 2. The Labute approximate surface area is 174 Å². The third-order valence-electron chi connectivity index (χ3n) is 5.01. The number of amides is 2. The molecule has 2 aromatic carbocycles. The fraction of sp³-hybridized carbons (Fsp3) is 0.174. The molecular formula is C23H21N3O4. The predicted octanol–water partition coefficient (Wildman–Crippen LogP) is 3.55. The summed E-state index contributed by atoms with van der Waals surface area (Å²) in [7, 11) is 3.07. The minimum absolute atomic E-state index is 0.108. The van der Waals surface area contributed by atoms with Gasteiger partial charge in [0.05, 0.1) is 19.8 Å². The highest BCUT2D eigenvalue weighted by atomic mass is 16.5. The number of hydrogen-bond donors (Lipinski definition) is 1. The number of methoxy groups -OCH3 is 2. The number of rotatable bonds is 5. The Kier molecular flexibility index (Phi) is 5.34. The third kappa shape index (κ3) is 3.82. The van der Waals surface area contributed by atoms with Gasteiger partial charge < -0.3 is 19.7 Å². The summed E-state index contributed by atoms with van der Waals surface area (Å²) in [4.78, 5) is 31.4. The van der Waals surface area contributed by atoms with Crippen LogP contribution in [0.1, 0.15) is 26.3 Å². The molecule has 2 heterocycles. The smallest absolute Gasteiger partial charge is 0.259 e. The molecule has 4 rings (SSSR count). The molecule has 0 saturated carbocycles. The van der Waals surface area contributed by atoms with E-state index in [2.05, 4.69) is 10.3 Å². The number of aromatic nitrogens is 1. The Balaban J connectivity index is 1.58. The van der Waals surface area contributed by atoms with E-state index in [1.165, 1.54) is 14.2 Å². The first-order chi connectivity index (χ1) is 14.6. The van der Waals surface area contributed by atoms with E-state index in [0.29, 0.717) is 34.9 Å². The van der Waals surface area contributed by atoms with E-state index in [9.17, 15) is 9.59 Å². The molecule has 2 amide bonds. The maximum Gasteiger partial charge on any atom is 0.259 e. The lowest BCUT2D eigenvalue weighted by Gasteiger charge is -2.18. The molecule has 3 aromatic rings. The summed E-state index contributed by atoms with van der Waals surface area (Å²) in [6.45, 7) is 0.591. The molecule has 1 N–H and O–H groups in total. The molecular weight excluding hydrogens is 382 g/mol. The number of benzene rings is 2. The first-order valence-corrected chi connectivity index (χ1v) is 9.48. The van der Waals surface area contributed by atoms with Gasteiger partial charge in [-0.2, -0.15) is 0 Å². The Morgan fingerprint density at radius 2 is 1.77 bits per heavy atom. The molecule has 7 heteroatoms. The van der Waals surface area contributed by atoms with Crippen LogP contribution in [0, 0.1) is 0 Å². The standard InChI is InChI=1S/C23H21N3O4/c1-29-19-10-17(11-20(13-19)30-2)22(27)25-18-6-5-15-7-9-26(21(15)12-18)23(28)16-4-3-8-24-14-16/h3-6,8,10-14H,7,9H2,1-2H3,(H,25,27). The number of nitrogens with one attached hydrogen (secondary N) is 1. The number of hydrogen-bond acceptors (Lipinski definition) is 5. The number of fused-ring (bicyclic) bond motifs is 1. The van der Waals surface area contributed by atoms with Crippen molar-refractivity contribution in [1.82, 2.24) is 4.98 Å². The molecule has 1 aliphatic heterocycles. The molecule has 0 spiro atoms. The first-order valence-electron chi connectivity index (χ1n) is 9.48. The molecule has 0 unspecified atom stereocenters. The highest BCUT2D eigenvalue weighted by Gasteiger charge is 2.26. The number of ether oxygens (including phenoxy) is 2. The van der Waals surface area contributed by atoms with Crippen LogP contribution in [0.3, 0.4) is 0 Å². The molecule has 0 bridgehead atoms. The Bertz CT molecular complexity index is 1080. The summed E-state index contributed by atoms with van der Waals surface area (Å²) in [5.74, 6) is 0.654. The average molecular weight is 403 g/mol. The van der Waals surface area contributed by atoms with Gasteiger partial charge in [0.25, 0.3) is 11.8 Å². The summed E-state index contributed by atoms with van der Waals surface area (Å²) in [6.07, 6.45) is 3.96. The van der Waals surface area contributed by atoms with Crippen LogP contribution in [-0.2, 0) is 6.42 Å². The number of nitrogens with zero attached hydrogens (tertiary/aromatic N) is 2. The van der Waals surface area contributed by atoms with E-state index in [1.807, 2.05) is 18.2 Å². The van der Waals surface area contributed by atoms with Crippen molar-refractivity contribution < 1.29 is 19.1 Å². The van der Waals surface area contributed by atoms with Gasteiger partial charge in [-0.15, -0.1) is 0 Å². The highest BCUT2D eigenvalue weighted by Crippen LogP contribution is 2.32. The van der Waals surface area contributed by atoms with Gasteiger partial charge in [-0.25, -0.2) is 0 Å². The molecule has 0 saturated heterocycles. The largest absolute Gasteiger partial charge is 0.497 e. The monoisotopic (exact) mass is 403 g/mol. The van der Waals surface area contributed by atoms with Crippen molar-refractivity contribution in [3.63, 3.8) is 0 Å². The normalized spacial score (nSPS) is 12.3. The summed E-state index contributed by atoms with van der Waals surface area (Å²) in [5.41, 5.74) is 3.41. The van der Waals surface area contributed by atoms with Gasteiger partial charge in [0.2, 0.25) is 0 Å². The van der Waals surface area contributed by atoms with Crippen LogP contribution < -0.4 is 19.7 Å². The highest BCUT2D eigenvalue weighted by molar-refractivity contribution is 6.08. The maximum absolute atomic E-state index is 12.9. The zero-order valence-corrected chi connectivity index (χ0v) is 16.7. The van der Waals surface area contributed by atoms with Gasteiger partial charge in [-0.05, 0) is 48.4 Å². The van der Waals surface area contributed by atoms with Crippen LogP contribution >= 0.6 is 0 Å². The molecule has 1 aromatic heterocycles. The van der Waals surface area contributed by atoms with E-state index in [1.54, 1.807) is 47.6 Å². The average Bonchev–Trinajstić information content (AvgIpc) is 3.22. The molecule has 1 aliphatic rings. The molecule has 152 valence electrons. The van der Waals surface area contributed by atoms with Gasteiger partial charge in [-0.1, -0.05) is 6.07 Å². The minimum Gasteiger partial charge on any atom is -0.497 e. The first kappa shape index (κ1) is 19.4. The summed E-state index contributed by atoms with van der Waals surface area (Å²) in [5, 5.41) is 2.89. The number of pyridine rings is 1. The van der Waals surface area contributed by atoms with Gasteiger partial charge in [0.15, 0.2) is 0 Å². The molecule has 0 atom stereocenters. The van der Waals surface area contributed by atoms with Gasteiger partial charge in [0, 0.05) is 41.9 Å². The van der Waals surface area contributed by atoms with E-state index in [4.69, 9.17) is 9.47 Å². The van der Waals surface area contributed by atoms with E-state index in [0.717, 1.165) is 17.7 Å². The predicted molar refractivity (Wildman–Crippen MR) is 114 cm³/mol. The van der Waals surface area contributed by atoms with Crippen LogP contribution in [0.2, 0.25) is 0 Å². The number of carbonyl (C=O) groups is 2. The molecule has 30 heavy (non-hydrogen) atoms. The molecule has 7 nitrogen and oxygen atoms in total. The van der Waals surface area contributed by atoms with Crippen LogP contribution in [0.25, 0.3) is 0 Å². The third-order valence-corrected chi connectivity index (χ3v) is 5.01. The Hall–Kier alpha value is -3.87. The van der Waals surface area contributed by atoms with Crippen LogP contribution in [0.5, 0.6) is 11.5 Å². The summed E-state index contributed by atoms with van der Waals surface area (Å²) in [6, 6.07) is 14.1. The minimum atomic E-state index is -0.296. The molecule has 0 aliphatic carbocycles. The van der Waals surface area contributed by atoms with Crippen molar-refractivity contribution in [2.24, 2.45) is 0 Å². The quantitative estimate of drug-likeness (QED) is 0.705. The van der Waals surface area contributed by atoms with Crippen molar-refractivity contribution in [2.75, 3.05) is 31.0 Å². The van der Waals surface area contributed by atoms with Crippen molar-refractivity contribution in [1.29, 1.82) is 0 Å². The van der Waals surface area contributed by atoms with E-state index < -0.39 is 0 Å². The van der Waals surface area contributed by atoms with Crippen LogP contribution in [0.15, 0.2) is 60.9 Å². The van der Waals surface area contributed by atoms with Crippen LogP contribution in [0.4, 0.5) is 11.4 Å². The second kappa shape index (κ2) is 8.24. The van der Waals surface area contributed by atoms with Crippen molar-refractivity contribution in [3.8, 4) is 11.5 Å². The fourth-order valence-corrected chi connectivity index (χ4v) is 3.45. The van der Waals surface area contributed by atoms with Crippen LogP contribution in [-0.4, -0.2) is 37.6 Å². The Morgan fingerprint density at radius 3 is 2.43 bits per heavy atom. The molecule has 0 radical (unpaired) electrons. The van der Waals surface area contributed by atoms with Gasteiger partial charge >= 0.3 is 0 Å². The SMILES string of the molecule is COc1cc(OC)cc(C(=O)Nc2ccc3c(c2)N(C(=O)c2cccnc2)CC3)c1. The Morgan fingerprint density at radius 1 is 1.00 bits per heavy atom. The van der Waals surface area contributed by atoms with Crippen molar-refractivity contribution >= 4 is 23.2 Å². The van der Waals surface area contributed by atoms with Crippen molar-refractivity contribution in [2.45, 2.75) is 6.42 Å². The lowest BCUT2D eigenvalue weighted by Crippen LogP contribution is -2.29.